The van der Waals surface area contributed by atoms with Crippen LogP contribution in [0.3, 0.4) is 0 Å². The van der Waals surface area contributed by atoms with Gasteiger partial charge in [0.25, 0.3) is 0 Å². The van der Waals surface area contributed by atoms with E-state index in [1.165, 1.54) is 24.2 Å². The van der Waals surface area contributed by atoms with E-state index in [0.29, 0.717) is 12.3 Å². The van der Waals surface area contributed by atoms with Gasteiger partial charge in [0.1, 0.15) is 18.0 Å². The molecule has 0 saturated carbocycles. The maximum Gasteiger partial charge on any atom is 0.181 e. The van der Waals surface area contributed by atoms with Crippen molar-refractivity contribution in [2.24, 2.45) is 0 Å². The normalized spacial score (nSPS) is 13.9. The van der Waals surface area contributed by atoms with Crippen molar-refractivity contribution in [3.63, 3.8) is 0 Å². The van der Waals surface area contributed by atoms with Crippen molar-refractivity contribution in [1.82, 2.24) is 35.0 Å². The summed E-state index contributed by atoms with van der Waals surface area (Å²) in [6, 6.07) is 12.0. The fourth-order valence-corrected chi connectivity index (χ4v) is 6.21. The lowest BCUT2D eigenvalue weighted by Gasteiger charge is -2.15. The quantitative estimate of drug-likeness (QED) is 0.225. The van der Waals surface area contributed by atoms with Crippen molar-refractivity contribution in [3.8, 4) is 38.7 Å². The molecule has 40 heavy (non-hydrogen) atoms. The highest BCUT2D eigenvalue weighted by molar-refractivity contribution is 7.17. The highest BCUT2D eigenvalue weighted by Crippen LogP contribution is 2.36. The van der Waals surface area contributed by atoms with Gasteiger partial charge in [-0.15, -0.1) is 11.3 Å². The maximum absolute atomic E-state index is 11.8. The summed E-state index contributed by atoms with van der Waals surface area (Å²) >= 11 is 1.49. The summed E-state index contributed by atoms with van der Waals surface area (Å²) in [5.41, 5.74) is 5.96. The van der Waals surface area contributed by atoms with Gasteiger partial charge in [-0.05, 0) is 69.3 Å². The second-order valence-corrected chi connectivity index (χ2v) is 11.1. The summed E-state index contributed by atoms with van der Waals surface area (Å²) in [4.78, 5) is 33.1. The molecule has 0 atom stereocenters. The molecule has 1 aliphatic heterocycles. The zero-order chi connectivity index (χ0) is 27.1. The van der Waals surface area contributed by atoms with Crippen LogP contribution in [0.15, 0.2) is 61.2 Å². The zero-order valence-corrected chi connectivity index (χ0v) is 22.8. The highest BCUT2D eigenvalue weighted by atomic mass is 32.1. The second-order valence-electron chi connectivity index (χ2n) is 10.0. The Bertz CT molecular complexity index is 1850. The van der Waals surface area contributed by atoms with Crippen LogP contribution in [0.4, 0.5) is 0 Å². The minimum atomic E-state index is 0.0675. The SMILES string of the molecule is CC(=O)c1ccc(-c2ccnc3[nH]c(-c4[nH]nc5ncc(-c6cncc(OCCN7CCCC7)c6)cc45)cc23)s1. The number of carbonyl (C=O) groups excluding carboxylic acids is 1. The monoisotopic (exact) mass is 549 g/mol. The van der Waals surface area contributed by atoms with Crippen LogP contribution < -0.4 is 4.74 Å². The van der Waals surface area contributed by atoms with Crippen LogP contribution in [0.25, 0.3) is 55.0 Å². The van der Waals surface area contributed by atoms with Gasteiger partial charge >= 0.3 is 0 Å². The number of ketones is 1. The van der Waals surface area contributed by atoms with Gasteiger partial charge in [0.2, 0.25) is 0 Å². The summed E-state index contributed by atoms with van der Waals surface area (Å²) in [6.45, 7) is 5.48. The van der Waals surface area contributed by atoms with Gasteiger partial charge in [-0.1, -0.05) is 0 Å². The summed E-state index contributed by atoms with van der Waals surface area (Å²) in [5, 5.41) is 9.46. The number of H-pyrrole nitrogens is 2. The summed E-state index contributed by atoms with van der Waals surface area (Å²) in [7, 11) is 0. The van der Waals surface area contributed by atoms with Crippen LogP contribution in [0, 0.1) is 0 Å². The number of nitrogens with zero attached hydrogens (tertiary/aromatic N) is 5. The first-order chi connectivity index (χ1) is 19.6. The molecule has 1 saturated heterocycles. The van der Waals surface area contributed by atoms with Crippen LogP contribution in [-0.2, 0) is 0 Å². The highest BCUT2D eigenvalue weighted by Gasteiger charge is 2.17. The van der Waals surface area contributed by atoms with E-state index in [9.17, 15) is 4.79 Å². The number of aromatic amines is 2. The van der Waals surface area contributed by atoms with Crippen LogP contribution in [0.5, 0.6) is 5.75 Å². The maximum atomic E-state index is 11.8. The zero-order valence-electron chi connectivity index (χ0n) is 22.0. The van der Waals surface area contributed by atoms with Crippen molar-refractivity contribution in [2.45, 2.75) is 19.8 Å². The van der Waals surface area contributed by atoms with E-state index in [0.717, 1.165) is 79.6 Å². The smallest absolute Gasteiger partial charge is 0.181 e. The number of thiophene rings is 1. The third-order valence-corrected chi connectivity index (χ3v) is 8.57. The molecule has 7 heterocycles. The minimum Gasteiger partial charge on any atom is -0.491 e. The molecule has 0 radical (unpaired) electrons. The van der Waals surface area contributed by atoms with Crippen LogP contribution >= 0.6 is 11.3 Å². The molecular formula is C30H27N7O2S. The van der Waals surface area contributed by atoms with Crippen LogP contribution in [0.1, 0.15) is 29.4 Å². The third-order valence-electron chi connectivity index (χ3n) is 7.35. The summed E-state index contributed by atoms with van der Waals surface area (Å²) < 4.78 is 6.02. The molecule has 6 aromatic rings. The Morgan fingerprint density at radius 2 is 1.90 bits per heavy atom. The number of aromatic nitrogens is 6. The summed E-state index contributed by atoms with van der Waals surface area (Å²) in [5.74, 6) is 0.817. The molecule has 1 fully saturated rings. The molecule has 0 aliphatic carbocycles. The van der Waals surface area contributed by atoms with E-state index in [-0.39, 0.29) is 5.78 Å². The first-order valence-electron chi connectivity index (χ1n) is 13.4. The number of carbonyl (C=O) groups is 1. The molecular weight excluding hydrogens is 522 g/mol. The Balaban J connectivity index is 1.20. The van der Waals surface area contributed by atoms with E-state index in [1.807, 2.05) is 36.7 Å². The number of likely N-dealkylation sites (tertiary alicyclic amines) is 1. The van der Waals surface area contributed by atoms with Crippen molar-refractivity contribution in [1.29, 1.82) is 0 Å². The molecule has 0 spiro atoms. The van der Waals surface area contributed by atoms with Gasteiger partial charge in [-0.25, -0.2) is 9.97 Å². The summed E-state index contributed by atoms with van der Waals surface area (Å²) in [6.07, 6.45) is 9.72. The van der Waals surface area contributed by atoms with Crippen molar-refractivity contribution < 1.29 is 9.53 Å². The predicted octanol–water partition coefficient (Wildman–Crippen LogP) is 5.97. The molecule has 10 heteroatoms. The average molecular weight is 550 g/mol. The average Bonchev–Trinajstić information content (AvgIpc) is 3.78. The molecule has 1 aliphatic rings. The largest absolute Gasteiger partial charge is 0.491 e. The lowest BCUT2D eigenvalue weighted by Crippen LogP contribution is -2.25. The fourth-order valence-electron chi connectivity index (χ4n) is 5.27. The number of nitrogens with one attached hydrogen (secondary N) is 2. The van der Waals surface area contributed by atoms with Crippen molar-refractivity contribution in [3.05, 3.63) is 66.1 Å². The van der Waals surface area contributed by atoms with Crippen molar-refractivity contribution >= 4 is 39.2 Å². The van der Waals surface area contributed by atoms with Crippen LogP contribution in [-0.4, -0.2) is 67.1 Å². The lowest BCUT2D eigenvalue weighted by molar-refractivity contribution is 0.102. The number of hydrogen-bond donors (Lipinski definition) is 2. The standard InChI is InChI=1S/C30H27N7O2S/c1-18(38)26-4-5-27(40-26)22-6-7-32-29-23(22)14-25(34-29)28-24-13-20(16-33-30(24)36-35-28)19-12-21(17-31-15-19)39-11-10-37-8-2-3-9-37/h4-7,12-17H,2-3,8-11H2,1H3,(H,32,34)(H,33,35,36). The molecule has 200 valence electrons. The number of fused-ring (bicyclic) bond motifs is 2. The Labute approximate surface area is 234 Å². The van der Waals surface area contributed by atoms with Gasteiger partial charge in [-0.3, -0.25) is 19.8 Å². The predicted molar refractivity (Wildman–Crippen MR) is 157 cm³/mol. The molecule has 0 bridgehead atoms. The molecule has 9 nitrogen and oxygen atoms in total. The second kappa shape index (κ2) is 10.3. The first kappa shape index (κ1) is 24.6. The molecule has 6 aromatic heterocycles. The first-order valence-corrected chi connectivity index (χ1v) is 14.2. The third kappa shape index (κ3) is 4.65. The Hall–Kier alpha value is -4.41. The fraction of sp³-hybridized carbons (Fsp3) is 0.233. The lowest BCUT2D eigenvalue weighted by atomic mass is 10.1. The van der Waals surface area contributed by atoms with E-state index in [2.05, 4.69) is 47.2 Å². The van der Waals surface area contributed by atoms with E-state index >= 15 is 0 Å². The minimum absolute atomic E-state index is 0.0675. The number of ether oxygens (including phenoxy) is 1. The van der Waals surface area contributed by atoms with Gasteiger partial charge in [0.15, 0.2) is 11.4 Å². The Morgan fingerprint density at radius 1 is 1.02 bits per heavy atom. The number of hydrogen-bond acceptors (Lipinski definition) is 8. The Kier molecular flexibility index (Phi) is 6.33. The van der Waals surface area contributed by atoms with Gasteiger partial charge < -0.3 is 9.72 Å². The molecule has 0 aromatic carbocycles. The Morgan fingerprint density at radius 3 is 2.75 bits per heavy atom. The van der Waals surface area contributed by atoms with E-state index < -0.39 is 0 Å². The van der Waals surface area contributed by atoms with E-state index in [4.69, 9.17) is 4.74 Å². The van der Waals surface area contributed by atoms with Gasteiger partial charge in [-0.2, -0.15) is 5.10 Å². The van der Waals surface area contributed by atoms with Crippen molar-refractivity contribution in [2.75, 3.05) is 26.2 Å². The molecule has 0 unspecified atom stereocenters. The van der Waals surface area contributed by atoms with Gasteiger partial charge in [0.05, 0.1) is 22.5 Å². The van der Waals surface area contributed by atoms with E-state index in [1.54, 1.807) is 19.3 Å². The molecule has 0 amide bonds. The molecule has 2 N–H and O–H groups in total. The number of Topliss-reactive ketones (excluding diaryl/α,β-unsaturated/α-hetero) is 1. The molecule has 7 rings (SSSR count). The van der Waals surface area contributed by atoms with Gasteiger partial charge in [0, 0.05) is 57.5 Å². The topological polar surface area (TPSA) is 113 Å². The number of pyridine rings is 3. The van der Waals surface area contributed by atoms with Crippen LogP contribution in [0.2, 0.25) is 0 Å². The number of rotatable bonds is 8.